The lowest BCUT2D eigenvalue weighted by molar-refractivity contribution is -0.148. The van der Waals surface area contributed by atoms with Crippen molar-refractivity contribution in [3.63, 3.8) is 0 Å². The van der Waals surface area contributed by atoms with Crippen molar-refractivity contribution in [2.45, 2.75) is 56.8 Å². The van der Waals surface area contributed by atoms with E-state index in [9.17, 15) is 14.7 Å². The minimum Gasteiger partial charge on any atom is -0.479 e. The zero-order chi connectivity index (χ0) is 16.9. The number of carbonyl (C=O) groups excluding carboxylic acids is 1. The number of benzene rings is 1. The summed E-state index contributed by atoms with van der Waals surface area (Å²) >= 11 is 0. The standard InChI is InChI=1S/C17H23NO5/c1-17(10-6-3-7-11-17)23-16(22)18-13(14(19)15(20)21)12-8-4-2-5-9-12/h2,4-5,8-9,13-14,19H,3,6-7,10-11H2,1H3,(H,18,22)(H,20,21)/t13-,14+/m0/s1. The molecule has 0 heterocycles. The first-order valence-electron chi connectivity index (χ1n) is 7.87. The van der Waals surface area contributed by atoms with E-state index >= 15 is 0 Å². The van der Waals surface area contributed by atoms with Crippen molar-refractivity contribution >= 4 is 12.1 Å². The summed E-state index contributed by atoms with van der Waals surface area (Å²) in [5.74, 6) is -1.40. The lowest BCUT2D eigenvalue weighted by Crippen LogP contribution is -2.44. The second-order valence-electron chi connectivity index (χ2n) is 6.22. The third kappa shape index (κ3) is 4.69. The second-order valence-corrected chi connectivity index (χ2v) is 6.22. The smallest absolute Gasteiger partial charge is 0.408 e. The van der Waals surface area contributed by atoms with E-state index in [4.69, 9.17) is 9.84 Å². The van der Waals surface area contributed by atoms with Crippen LogP contribution >= 0.6 is 0 Å². The Morgan fingerprint density at radius 3 is 2.35 bits per heavy atom. The van der Waals surface area contributed by atoms with Gasteiger partial charge < -0.3 is 20.3 Å². The second kappa shape index (κ2) is 7.46. The van der Waals surface area contributed by atoms with Crippen LogP contribution in [0.3, 0.4) is 0 Å². The molecule has 1 aliphatic carbocycles. The monoisotopic (exact) mass is 321 g/mol. The van der Waals surface area contributed by atoms with Crippen LogP contribution in [0.2, 0.25) is 0 Å². The van der Waals surface area contributed by atoms with E-state index in [-0.39, 0.29) is 0 Å². The fourth-order valence-corrected chi connectivity index (χ4v) is 2.93. The van der Waals surface area contributed by atoms with Crippen molar-refractivity contribution in [1.29, 1.82) is 0 Å². The van der Waals surface area contributed by atoms with Gasteiger partial charge in [0.25, 0.3) is 0 Å². The molecule has 0 aromatic heterocycles. The van der Waals surface area contributed by atoms with Crippen molar-refractivity contribution in [3.05, 3.63) is 35.9 Å². The van der Waals surface area contributed by atoms with E-state index < -0.39 is 29.8 Å². The Balaban J connectivity index is 2.08. The molecule has 1 fully saturated rings. The van der Waals surface area contributed by atoms with Gasteiger partial charge in [-0.05, 0) is 38.2 Å². The number of hydrogen-bond donors (Lipinski definition) is 3. The van der Waals surface area contributed by atoms with Gasteiger partial charge in [0.2, 0.25) is 0 Å². The molecule has 0 bridgehead atoms. The van der Waals surface area contributed by atoms with E-state index in [0.29, 0.717) is 5.56 Å². The summed E-state index contributed by atoms with van der Waals surface area (Å²) in [5, 5.41) is 21.4. The van der Waals surface area contributed by atoms with Crippen LogP contribution in [0.5, 0.6) is 0 Å². The van der Waals surface area contributed by atoms with Gasteiger partial charge in [-0.3, -0.25) is 0 Å². The Hall–Kier alpha value is -2.08. The molecule has 3 N–H and O–H groups in total. The molecule has 1 aliphatic rings. The van der Waals surface area contributed by atoms with Gasteiger partial charge in [-0.2, -0.15) is 0 Å². The van der Waals surface area contributed by atoms with Crippen molar-refractivity contribution in [1.82, 2.24) is 5.32 Å². The fourth-order valence-electron chi connectivity index (χ4n) is 2.93. The maximum atomic E-state index is 12.2. The number of aliphatic hydroxyl groups excluding tert-OH is 1. The largest absolute Gasteiger partial charge is 0.479 e. The lowest BCUT2D eigenvalue weighted by atomic mass is 9.86. The molecule has 0 spiro atoms. The number of carbonyl (C=O) groups is 2. The highest BCUT2D eigenvalue weighted by molar-refractivity contribution is 5.75. The highest BCUT2D eigenvalue weighted by Crippen LogP contribution is 2.31. The maximum Gasteiger partial charge on any atom is 0.408 e. The van der Waals surface area contributed by atoms with Crippen LogP contribution in [0.4, 0.5) is 4.79 Å². The van der Waals surface area contributed by atoms with Gasteiger partial charge in [0.05, 0.1) is 6.04 Å². The molecular formula is C17H23NO5. The Morgan fingerprint density at radius 2 is 1.78 bits per heavy atom. The predicted octanol–water partition coefficient (Wildman–Crippen LogP) is 2.62. The van der Waals surface area contributed by atoms with Crippen molar-refractivity contribution in [2.24, 2.45) is 0 Å². The highest BCUT2D eigenvalue weighted by atomic mass is 16.6. The van der Waals surface area contributed by atoms with Crippen molar-refractivity contribution < 1.29 is 24.5 Å². The fraction of sp³-hybridized carbons (Fsp3) is 0.529. The van der Waals surface area contributed by atoms with Crippen molar-refractivity contribution in [3.8, 4) is 0 Å². The molecule has 0 saturated heterocycles. The van der Waals surface area contributed by atoms with Gasteiger partial charge in [0.1, 0.15) is 5.60 Å². The summed E-state index contributed by atoms with van der Waals surface area (Å²) in [6.45, 7) is 1.89. The first-order valence-corrected chi connectivity index (χ1v) is 7.87. The van der Waals surface area contributed by atoms with Crippen molar-refractivity contribution in [2.75, 3.05) is 0 Å². The number of carboxylic acids is 1. The van der Waals surface area contributed by atoms with Gasteiger partial charge in [-0.25, -0.2) is 9.59 Å². The minimum absolute atomic E-state index is 0.508. The number of carboxylic acid groups (broad SMARTS) is 1. The average Bonchev–Trinajstić information content (AvgIpc) is 2.53. The van der Waals surface area contributed by atoms with Crippen LogP contribution in [-0.2, 0) is 9.53 Å². The van der Waals surface area contributed by atoms with Gasteiger partial charge in [-0.15, -0.1) is 0 Å². The van der Waals surface area contributed by atoms with Gasteiger partial charge >= 0.3 is 12.1 Å². The topological polar surface area (TPSA) is 95.9 Å². The summed E-state index contributed by atoms with van der Waals surface area (Å²) in [6.07, 6.45) is 2.27. The number of aliphatic hydroxyl groups is 1. The van der Waals surface area contributed by atoms with E-state index in [1.54, 1.807) is 30.3 Å². The SMILES string of the molecule is CC1(OC(=O)N[C@@H](c2ccccc2)[C@@H](O)C(=O)O)CCCCC1. The Kier molecular flexibility index (Phi) is 5.60. The highest BCUT2D eigenvalue weighted by Gasteiger charge is 2.34. The van der Waals surface area contributed by atoms with Crippen LogP contribution in [0.25, 0.3) is 0 Å². The predicted molar refractivity (Wildman–Crippen MR) is 83.9 cm³/mol. The molecule has 1 amide bonds. The van der Waals surface area contributed by atoms with Crippen LogP contribution < -0.4 is 5.32 Å². The van der Waals surface area contributed by atoms with Crippen LogP contribution in [0.1, 0.15) is 50.6 Å². The van der Waals surface area contributed by atoms with E-state index in [0.717, 1.165) is 32.1 Å². The number of amides is 1. The molecule has 2 atom stereocenters. The molecule has 2 rings (SSSR count). The molecule has 6 nitrogen and oxygen atoms in total. The van der Waals surface area contributed by atoms with Crippen LogP contribution in [0.15, 0.2) is 30.3 Å². The molecule has 126 valence electrons. The molecule has 1 saturated carbocycles. The normalized spacial score (nSPS) is 19.4. The summed E-state index contributed by atoms with van der Waals surface area (Å²) in [7, 11) is 0. The number of rotatable bonds is 5. The summed E-state index contributed by atoms with van der Waals surface area (Å²) in [6, 6.07) is 7.44. The molecule has 23 heavy (non-hydrogen) atoms. The zero-order valence-electron chi connectivity index (χ0n) is 13.2. The Labute approximate surface area is 135 Å². The molecule has 0 unspecified atom stereocenters. The first kappa shape index (κ1) is 17.3. The molecule has 6 heteroatoms. The van der Waals surface area contributed by atoms with E-state index in [2.05, 4.69) is 5.32 Å². The lowest BCUT2D eigenvalue weighted by Gasteiger charge is -2.34. The third-order valence-electron chi connectivity index (χ3n) is 4.25. The summed E-state index contributed by atoms with van der Waals surface area (Å²) < 4.78 is 5.51. The summed E-state index contributed by atoms with van der Waals surface area (Å²) in [5.41, 5.74) is -0.0225. The zero-order valence-corrected chi connectivity index (χ0v) is 13.2. The average molecular weight is 321 g/mol. The molecule has 1 aromatic carbocycles. The molecule has 1 aromatic rings. The number of nitrogens with one attached hydrogen (secondary N) is 1. The molecule has 0 aliphatic heterocycles. The minimum atomic E-state index is -1.75. The number of hydrogen-bond acceptors (Lipinski definition) is 4. The van der Waals surface area contributed by atoms with E-state index in [1.165, 1.54) is 0 Å². The number of alkyl carbamates (subject to hydrolysis) is 1. The molecular weight excluding hydrogens is 298 g/mol. The van der Waals surface area contributed by atoms with Gasteiger partial charge in [-0.1, -0.05) is 36.8 Å². The number of aliphatic carboxylic acids is 1. The van der Waals surface area contributed by atoms with Crippen LogP contribution in [0, 0.1) is 0 Å². The van der Waals surface area contributed by atoms with Gasteiger partial charge in [0.15, 0.2) is 6.10 Å². The Morgan fingerprint density at radius 1 is 1.17 bits per heavy atom. The first-order chi connectivity index (χ1) is 10.9. The summed E-state index contributed by atoms with van der Waals surface area (Å²) in [4.78, 5) is 23.3. The maximum absolute atomic E-state index is 12.2. The van der Waals surface area contributed by atoms with Gasteiger partial charge in [0, 0.05) is 0 Å². The molecule has 0 radical (unpaired) electrons. The van der Waals surface area contributed by atoms with E-state index in [1.807, 2.05) is 6.92 Å². The quantitative estimate of drug-likeness (QED) is 0.775. The third-order valence-corrected chi connectivity index (χ3v) is 4.25. The van der Waals surface area contributed by atoms with Crippen LogP contribution in [-0.4, -0.2) is 34.0 Å². The number of ether oxygens (including phenoxy) is 1. The Bertz CT molecular complexity index is 539.